The third-order valence-electron chi connectivity index (χ3n) is 7.64. The average molecular weight is 576 g/mol. The summed E-state index contributed by atoms with van der Waals surface area (Å²) in [6, 6.07) is 8.59. The molecule has 9 nitrogen and oxygen atoms in total. The maximum absolute atomic E-state index is 12.9. The van der Waals surface area contributed by atoms with Gasteiger partial charge in [-0.15, -0.1) is 12.4 Å². The average Bonchev–Trinajstić information content (AvgIpc) is 3.35. The van der Waals surface area contributed by atoms with E-state index in [0.717, 1.165) is 64.2 Å². The number of nitrogens with zero attached hydrogens (tertiary/aromatic N) is 6. The number of morpholine rings is 1. The third-order valence-corrected chi connectivity index (χ3v) is 7.64. The van der Waals surface area contributed by atoms with E-state index in [-0.39, 0.29) is 23.8 Å². The van der Waals surface area contributed by atoms with Crippen molar-refractivity contribution in [2.75, 3.05) is 31.6 Å². The van der Waals surface area contributed by atoms with E-state index in [0.29, 0.717) is 23.1 Å². The highest BCUT2D eigenvalue weighted by atomic mass is 35.5. The molecule has 13 heteroatoms. The van der Waals surface area contributed by atoms with Crippen LogP contribution in [0.1, 0.15) is 53.0 Å². The predicted octanol–water partition coefficient (Wildman–Crippen LogP) is 4.70. The summed E-state index contributed by atoms with van der Waals surface area (Å²) in [5, 5.41) is 17.0. The number of alkyl halides is 3. The number of pyridine rings is 2. The smallest absolute Gasteiger partial charge is 0.379 e. The van der Waals surface area contributed by atoms with Crippen LogP contribution in [-0.2, 0) is 16.3 Å². The molecule has 1 amide bonds. The molecule has 5 rings (SSSR count). The molecule has 1 aliphatic heterocycles. The van der Waals surface area contributed by atoms with Gasteiger partial charge in [-0.2, -0.15) is 23.5 Å². The summed E-state index contributed by atoms with van der Waals surface area (Å²) in [4.78, 5) is 23.8. The molecule has 2 aliphatic rings. The van der Waals surface area contributed by atoms with Crippen LogP contribution in [0.2, 0.25) is 0 Å². The zero-order valence-electron chi connectivity index (χ0n) is 21.8. The Kier molecular flexibility index (Phi) is 8.77. The minimum absolute atomic E-state index is 0. The van der Waals surface area contributed by atoms with Crippen LogP contribution in [0.3, 0.4) is 0 Å². The zero-order chi connectivity index (χ0) is 27.6. The Balaban J connectivity index is 0.00000370. The van der Waals surface area contributed by atoms with Gasteiger partial charge in [-0.25, -0.2) is 9.67 Å². The molecule has 2 fully saturated rings. The fourth-order valence-corrected chi connectivity index (χ4v) is 5.32. The Labute approximate surface area is 235 Å². The van der Waals surface area contributed by atoms with Crippen molar-refractivity contribution in [1.82, 2.24) is 24.6 Å². The first-order valence-corrected chi connectivity index (χ1v) is 12.8. The van der Waals surface area contributed by atoms with Crippen molar-refractivity contribution in [2.45, 2.75) is 50.2 Å². The summed E-state index contributed by atoms with van der Waals surface area (Å²) in [6.07, 6.45) is 2.40. The molecule has 0 radical (unpaired) electrons. The van der Waals surface area contributed by atoms with Crippen LogP contribution in [-0.4, -0.2) is 62.9 Å². The number of hydrogen-bond donors (Lipinski definition) is 1. The fraction of sp³-hybridized carbons (Fsp3) is 0.444. The molecule has 0 spiro atoms. The molecule has 3 aromatic heterocycles. The molecule has 1 N–H and O–H groups in total. The standard InChI is InChI=1S/C27H28F3N7O2.ClH/c1-18-22(16-34-37(18)24-5-2-19(14-33-24)27(28,29)30)25(38)35-20-3-4-23(32-15-20)26(17-31)8-6-21(7-9-26)36-10-12-39-13-11-36;/h2-5,14-16,21H,6-13H2,1H3,(H,35,38);1H. The molecule has 0 unspecified atom stereocenters. The second-order valence-corrected chi connectivity index (χ2v) is 9.92. The maximum atomic E-state index is 12.9. The number of rotatable bonds is 5. The van der Waals surface area contributed by atoms with Crippen molar-refractivity contribution < 1.29 is 22.7 Å². The van der Waals surface area contributed by atoms with Crippen molar-refractivity contribution in [2.24, 2.45) is 0 Å². The van der Waals surface area contributed by atoms with Gasteiger partial charge in [0.2, 0.25) is 0 Å². The second kappa shape index (κ2) is 11.9. The molecule has 40 heavy (non-hydrogen) atoms. The molecule has 4 heterocycles. The number of nitriles is 1. The van der Waals surface area contributed by atoms with Crippen LogP contribution in [0.25, 0.3) is 5.82 Å². The van der Waals surface area contributed by atoms with Gasteiger partial charge in [-0.05, 0) is 56.9 Å². The number of ether oxygens (including phenoxy) is 1. The monoisotopic (exact) mass is 575 g/mol. The molecular weight excluding hydrogens is 547 g/mol. The fourth-order valence-electron chi connectivity index (χ4n) is 5.32. The number of aromatic nitrogens is 4. The Morgan fingerprint density at radius 3 is 2.40 bits per heavy atom. The highest BCUT2D eigenvalue weighted by Gasteiger charge is 2.40. The summed E-state index contributed by atoms with van der Waals surface area (Å²) in [6.45, 7) is 4.99. The van der Waals surface area contributed by atoms with Crippen LogP contribution in [0.4, 0.5) is 18.9 Å². The minimum Gasteiger partial charge on any atom is -0.379 e. The molecule has 1 aliphatic carbocycles. The van der Waals surface area contributed by atoms with Gasteiger partial charge in [0.25, 0.3) is 5.91 Å². The van der Waals surface area contributed by atoms with E-state index in [2.05, 4.69) is 31.4 Å². The molecule has 0 bridgehead atoms. The first-order chi connectivity index (χ1) is 18.7. The lowest BCUT2D eigenvalue weighted by Crippen LogP contribution is -2.47. The Morgan fingerprint density at radius 2 is 1.82 bits per heavy atom. The van der Waals surface area contributed by atoms with Gasteiger partial charge in [-0.1, -0.05) is 0 Å². The van der Waals surface area contributed by atoms with Crippen molar-refractivity contribution in [3.05, 3.63) is 65.4 Å². The molecular formula is C27H29ClF3N7O2. The highest BCUT2D eigenvalue weighted by molar-refractivity contribution is 6.04. The molecule has 1 saturated heterocycles. The number of halogens is 4. The molecule has 0 aromatic carbocycles. The van der Waals surface area contributed by atoms with E-state index in [1.54, 1.807) is 19.1 Å². The Morgan fingerprint density at radius 1 is 1.10 bits per heavy atom. The lowest BCUT2D eigenvalue weighted by molar-refractivity contribution is -0.137. The van der Waals surface area contributed by atoms with Gasteiger partial charge < -0.3 is 10.1 Å². The lowest BCUT2D eigenvalue weighted by atomic mass is 9.71. The number of hydrogen-bond acceptors (Lipinski definition) is 7. The molecule has 1 saturated carbocycles. The van der Waals surface area contributed by atoms with Gasteiger partial charge in [0.1, 0.15) is 0 Å². The summed E-state index contributed by atoms with van der Waals surface area (Å²) in [5.74, 6) is -0.281. The van der Waals surface area contributed by atoms with Crippen molar-refractivity contribution in [3.63, 3.8) is 0 Å². The predicted molar refractivity (Wildman–Crippen MR) is 142 cm³/mol. The van der Waals surface area contributed by atoms with Crippen LogP contribution in [0.15, 0.2) is 42.9 Å². The van der Waals surface area contributed by atoms with Crippen LogP contribution in [0, 0.1) is 18.3 Å². The van der Waals surface area contributed by atoms with Gasteiger partial charge >= 0.3 is 6.18 Å². The van der Waals surface area contributed by atoms with Crippen molar-refractivity contribution in [1.29, 1.82) is 5.26 Å². The maximum Gasteiger partial charge on any atom is 0.417 e. The van der Waals surface area contributed by atoms with E-state index >= 15 is 0 Å². The first kappa shape index (κ1) is 29.5. The molecule has 212 valence electrons. The third kappa shape index (κ3) is 5.96. The topological polar surface area (TPSA) is 109 Å². The zero-order valence-corrected chi connectivity index (χ0v) is 22.6. The number of anilines is 1. The normalized spacial score (nSPS) is 21.7. The Bertz CT molecular complexity index is 1360. The number of carbonyl (C=O) groups excluding carboxylic acids is 1. The molecule has 3 aromatic rings. The summed E-state index contributed by atoms with van der Waals surface area (Å²) < 4.78 is 45.3. The van der Waals surface area contributed by atoms with E-state index < -0.39 is 23.1 Å². The van der Waals surface area contributed by atoms with Crippen LogP contribution >= 0.6 is 12.4 Å². The van der Waals surface area contributed by atoms with Crippen LogP contribution in [0.5, 0.6) is 0 Å². The molecule has 0 atom stereocenters. The summed E-state index contributed by atoms with van der Waals surface area (Å²) in [5.41, 5.74) is 0.297. The highest BCUT2D eigenvalue weighted by Crippen LogP contribution is 2.40. The van der Waals surface area contributed by atoms with E-state index in [9.17, 15) is 23.2 Å². The van der Waals surface area contributed by atoms with E-state index in [4.69, 9.17) is 4.74 Å². The number of nitrogens with one attached hydrogen (secondary N) is 1. The second-order valence-electron chi connectivity index (χ2n) is 9.92. The summed E-state index contributed by atoms with van der Waals surface area (Å²) >= 11 is 0. The van der Waals surface area contributed by atoms with Crippen molar-refractivity contribution in [3.8, 4) is 11.9 Å². The van der Waals surface area contributed by atoms with E-state index in [1.165, 1.54) is 23.1 Å². The van der Waals surface area contributed by atoms with Gasteiger partial charge in [-0.3, -0.25) is 14.7 Å². The Hall–Kier alpha value is -3.53. The van der Waals surface area contributed by atoms with Gasteiger partial charge in [0.15, 0.2) is 5.82 Å². The quantitative estimate of drug-likeness (QED) is 0.470. The SMILES string of the molecule is Cc1c(C(=O)Nc2ccc(C3(C#N)CCC(N4CCOCC4)CC3)nc2)cnn1-c1ccc(C(F)(F)F)cn1.Cl. The van der Waals surface area contributed by atoms with Crippen LogP contribution < -0.4 is 5.32 Å². The first-order valence-electron chi connectivity index (χ1n) is 12.8. The van der Waals surface area contributed by atoms with Crippen molar-refractivity contribution >= 4 is 24.0 Å². The minimum atomic E-state index is -4.49. The van der Waals surface area contributed by atoms with Gasteiger partial charge in [0, 0.05) is 25.3 Å². The lowest BCUT2D eigenvalue weighted by Gasteiger charge is -2.41. The number of carbonyl (C=O) groups is 1. The van der Waals surface area contributed by atoms with Gasteiger partial charge in [0.05, 0.1) is 65.3 Å². The largest absolute Gasteiger partial charge is 0.417 e. The number of amides is 1. The van der Waals surface area contributed by atoms with E-state index in [1.807, 2.05) is 0 Å². The summed E-state index contributed by atoms with van der Waals surface area (Å²) in [7, 11) is 0.